The first-order valence-corrected chi connectivity index (χ1v) is 8.70. The summed E-state index contributed by atoms with van der Waals surface area (Å²) in [4.78, 5) is 0.336. The third-order valence-electron chi connectivity index (χ3n) is 2.11. The standard InChI is InChI=1S/C12H18N3O4PS3/c1-7(10(21)13-4)17-20(16,18-8(2)11(22)14-5)19-9(3)12(23)15-6/h1-3H2,4-6H3,(H,13,21)(H,14,22)(H,15,23). The second-order valence-electron chi connectivity index (χ2n) is 3.73. The van der Waals surface area contributed by atoms with Crippen LogP contribution in [-0.2, 0) is 18.1 Å². The van der Waals surface area contributed by atoms with Crippen LogP contribution in [0.15, 0.2) is 37.0 Å². The van der Waals surface area contributed by atoms with Crippen molar-refractivity contribution in [3.05, 3.63) is 37.0 Å². The maximum absolute atomic E-state index is 12.8. The SMILES string of the molecule is C=C(OP(=O)(OC(=C)C(=S)NC)OC(=C)C(=S)NC)C(=S)NC. The zero-order valence-corrected chi connectivity index (χ0v) is 16.3. The number of rotatable bonds is 9. The second kappa shape index (κ2) is 9.61. The maximum atomic E-state index is 12.8. The zero-order valence-electron chi connectivity index (χ0n) is 12.9. The predicted molar refractivity (Wildman–Crippen MR) is 103 cm³/mol. The Morgan fingerprint density at radius 2 is 0.957 bits per heavy atom. The summed E-state index contributed by atoms with van der Waals surface area (Å²) >= 11 is 14.8. The number of phosphoric ester groups is 1. The molecule has 0 aromatic heterocycles. The van der Waals surface area contributed by atoms with E-state index in [1.54, 1.807) is 21.1 Å². The van der Waals surface area contributed by atoms with Gasteiger partial charge in [0.05, 0.1) is 0 Å². The van der Waals surface area contributed by atoms with Crippen LogP contribution in [0.1, 0.15) is 0 Å². The topological polar surface area (TPSA) is 80.9 Å². The molecule has 7 nitrogen and oxygen atoms in total. The fraction of sp³-hybridized carbons (Fsp3) is 0.250. The van der Waals surface area contributed by atoms with Crippen molar-refractivity contribution >= 4 is 59.4 Å². The van der Waals surface area contributed by atoms with Crippen LogP contribution in [0.5, 0.6) is 0 Å². The van der Waals surface area contributed by atoms with Crippen LogP contribution in [0, 0.1) is 0 Å². The number of likely N-dealkylation sites (N-methyl/N-ethyl adjacent to an activating group) is 3. The highest BCUT2D eigenvalue weighted by molar-refractivity contribution is 7.81. The molecule has 0 radical (unpaired) electrons. The van der Waals surface area contributed by atoms with Crippen molar-refractivity contribution in [1.82, 2.24) is 16.0 Å². The molecule has 0 unspecified atom stereocenters. The molecule has 128 valence electrons. The quantitative estimate of drug-likeness (QED) is 0.234. The summed E-state index contributed by atoms with van der Waals surface area (Å²) in [6.45, 7) is 10.6. The van der Waals surface area contributed by atoms with Gasteiger partial charge in [0.1, 0.15) is 15.0 Å². The summed E-state index contributed by atoms with van der Waals surface area (Å²) in [5.74, 6) is -0.383. The molecular formula is C12H18N3O4PS3. The van der Waals surface area contributed by atoms with Crippen molar-refractivity contribution < 1.29 is 18.1 Å². The molecule has 0 saturated heterocycles. The average molecular weight is 395 g/mol. The summed E-state index contributed by atoms with van der Waals surface area (Å²) in [5.41, 5.74) is 0. The molecule has 0 aliphatic rings. The van der Waals surface area contributed by atoms with Gasteiger partial charge in [0.25, 0.3) is 0 Å². The highest BCUT2D eigenvalue weighted by Gasteiger charge is 2.36. The molecule has 0 bridgehead atoms. The summed E-state index contributed by atoms with van der Waals surface area (Å²) in [5, 5.41) is 7.85. The molecule has 0 heterocycles. The van der Waals surface area contributed by atoms with Gasteiger partial charge in [-0.05, 0) is 0 Å². The minimum Gasteiger partial charge on any atom is -0.383 e. The molecule has 0 amide bonds. The Morgan fingerprint density at radius 1 is 0.739 bits per heavy atom. The van der Waals surface area contributed by atoms with Gasteiger partial charge in [0.2, 0.25) is 0 Å². The highest BCUT2D eigenvalue weighted by Crippen LogP contribution is 2.54. The molecule has 0 aromatic rings. The van der Waals surface area contributed by atoms with Crippen LogP contribution >= 0.6 is 44.5 Å². The summed E-state index contributed by atoms with van der Waals surface area (Å²) < 4.78 is 28.2. The van der Waals surface area contributed by atoms with Gasteiger partial charge in [-0.3, -0.25) is 0 Å². The van der Waals surface area contributed by atoms with Gasteiger partial charge in [0.15, 0.2) is 17.3 Å². The Hall–Kier alpha value is -1.48. The Bertz CT molecular complexity index is 526. The Balaban J connectivity index is 5.38. The maximum Gasteiger partial charge on any atom is 0.647 e. The molecular weight excluding hydrogens is 377 g/mol. The molecule has 0 saturated carbocycles. The molecule has 0 fully saturated rings. The molecule has 0 aliphatic carbocycles. The third-order valence-corrected chi connectivity index (χ3v) is 4.73. The van der Waals surface area contributed by atoms with Crippen molar-refractivity contribution in [3.63, 3.8) is 0 Å². The van der Waals surface area contributed by atoms with E-state index in [1.165, 1.54) is 0 Å². The van der Waals surface area contributed by atoms with E-state index in [0.717, 1.165) is 0 Å². The normalized spacial score (nSPS) is 9.87. The number of hydrogen-bond acceptors (Lipinski definition) is 7. The first kappa shape index (κ1) is 21.5. The molecule has 0 rings (SSSR count). The summed E-state index contributed by atoms with van der Waals surface area (Å²) in [6, 6.07) is 0. The van der Waals surface area contributed by atoms with Crippen LogP contribution in [0.3, 0.4) is 0 Å². The van der Waals surface area contributed by atoms with Crippen LogP contribution in [0.4, 0.5) is 0 Å². The van der Waals surface area contributed by atoms with Crippen LogP contribution in [0.25, 0.3) is 0 Å². The van der Waals surface area contributed by atoms with Gasteiger partial charge in [-0.15, -0.1) is 0 Å². The second-order valence-corrected chi connectivity index (χ2v) is 6.39. The van der Waals surface area contributed by atoms with Crippen molar-refractivity contribution in [1.29, 1.82) is 0 Å². The zero-order chi connectivity index (χ0) is 18.2. The fourth-order valence-corrected chi connectivity index (χ4v) is 2.51. The number of thiocarbonyl (C=S) groups is 3. The van der Waals surface area contributed by atoms with E-state index in [4.69, 9.17) is 50.2 Å². The average Bonchev–Trinajstić information content (AvgIpc) is 2.51. The van der Waals surface area contributed by atoms with Gasteiger partial charge in [-0.25, -0.2) is 0 Å². The van der Waals surface area contributed by atoms with Crippen LogP contribution in [0.2, 0.25) is 0 Å². The van der Waals surface area contributed by atoms with E-state index < -0.39 is 7.82 Å². The van der Waals surface area contributed by atoms with E-state index in [0.29, 0.717) is 0 Å². The Kier molecular flexibility index (Phi) is 8.99. The van der Waals surface area contributed by atoms with E-state index in [-0.39, 0.29) is 32.2 Å². The van der Waals surface area contributed by atoms with Crippen LogP contribution < -0.4 is 16.0 Å². The molecule has 23 heavy (non-hydrogen) atoms. The van der Waals surface area contributed by atoms with Gasteiger partial charge >= 0.3 is 7.82 Å². The lowest BCUT2D eigenvalue weighted by atomic mass is 10.6. The van der Waals surface area contributed by atoms with Gasteiger partial charge in [-0.2, -0.15) is 4.57 Å². The van der Waals surface area contributed by atoms with Gasteiger partial charge < -0.3 is 29.5 Å². The lowest BCUT2D eigenvalue weighted by molar-refractivity contribution is 0.213. The van der Waals surface area contributed by atoms with E-state index in [2.05, 4.69) is 35.7 Å². The Morgan fingerprint density at radius 3 is 1.13 bits per heavy atom. The highest BCUT2D eigenvalue weighted by atomic mass is 32.1. The number of hydrogen-bond donors (Lipinski definition) is 3. The number of phosphoric acid groups is 1. The first-order chi connectivity index (χ1) is 10.6. The predicted octanol–water partition coefficient (Wildman–Crippen LogP) is 2.33. The summed E-state index contributed by atoms with van der Waals surface area (Å²) in [7, 11) is 0.378. The smallest absolute Gasteiger partial charge is 0.383 e. The number of nitrogens with one attached hydrogen (secondary N) is 3. The molecule has 11 heteroatoms. The van der Waals surface area contributed by atoms with Gasteiger partial charge in [0, 0.05) is 21.1 Å². The molecule has 0 aromatic carbocycles. The van der Waals surface area contributed by atoms with Crippen molar-refractivity contribution in [2.24, 2.45) is 0 Å². The van der Waals surface area contributed by atoms with Crippen LogP contribution in [-0.4, -0.2) is 36.1 Å². The summed E-state index contributed by atoms with van der Waals surface area (Å²) in [6.07, 6.45) is 0. The third kappa shape index (κ3) is 7.08. The van der Waals surface area contributed by atoms with E-state index in [9.17, 15) is 4.57 Å². The molecule has 0 atom stereocenters. The largest absolute Gasteiger partial charge is 0.647 e. The molecule has 0 spiro atoms. The minimum absolute atomic E-state index is 0.112. The Labute approximate surface area is 151 Å². The van der Waals surface area contributed by atoms with Crippen molar-refractivity contribution in [2.75, 3.05) is 21.1 Å². The first-order valence-electron chi connectivity index (χ1n) is 6.02. The monoisotopic (exact) mass is 395 g/mol. The minimum atomic E-state index is -4.27. The van der Waals surface area contributed by atoms with Crippen molar-refractivity contribution in [2.45, 2.75) is 0 Å². The molecule has 3 N–H and O–H groups in total. The lowest BCUT2D eigenvalue weighted by Crippen LogP contribution is -2.22. The van der Waals surface area contributed by atoms with E-state index >= 15 is 0 Å². The lowest BCUT2D eigenvalue weighted by Gasteiger charge is -2.22. The van der Waals surface area contributed by atoms with Gasteiger partial charge in [-0.1, -0.05) is 56.4 Å². The fourth-order valence-electron chi connectivity index (χ4n) is 1.00. The van der Waals surface area contributed by atoms with Crippen molar-refractivity contribution in [3.8, 4) is 0 Å². The van der Waals surface area contributed by atoms with E-state index in [1.807, 2.05) is 0 Å². The molecule has 0 aliphatic heterocycles.